The van der Waals surface area contributed by atoms with Crippen LogP contribution in [0.2, 0.25) is 0 Å². The van der Waals surface area contributed by atoms with Gasteiger partial charge in [0.2, 0.25) is 0 Å². The topological polar surface area (TPSA) is 91.7 Å². The standard InChI is InChI=1S/C18H26N6O3/c25-16(24-11-18(12-24)10-19-17(26)21-18)14-8-23-5-4-22(3-1-15(23)20-14)7-13-2-6-27-9-13/h8,13H,1-7,9-12H2,(H2,19,21,26). The lowest BCUT2D eigenvalue weighted by molar-refractivity contribution is 0.0391. The van der Waals surface area contributed by atoms with Gasteiger partial charge in [-0.15, -0.1) is 0 Å². The Morgan fingerprint density at radius 2 is 2.22 bits per heavy atom. The van der Waals surface area contributed by atoms with Gasteiger partial charge in [-0.3, -0.25) is 4.79 Å². The molecule has 1 unspecified atom stereocenters. The first-order chi connectivity index (χ1) is 13.1. The maximum atomic E-state index is 12.7. The molecule has 1 aromatic rings. The number of imidazole rings is 1. The first-order valence-corrected chi connectivity index (χ1v) is 9.82. The summed E-state index contributed by atoms with van der Waals surface area (Å²) in [4.78, 5) is 33.0. The first kappa shape index (κ1) is 17.0. The lowest BCUT2D eigenvalue weighted by atomic mass is 9.91. The maximum Gasteiger partial charge on any atom is 0.315 e. The number of rotatable bonds is 3. The van der Waals surface area contributed by atoms with Crippen LogP contribution in [0.4, 0.5) is 4.79 Å². The predicted molar refractivity (Wildman–Crippen MR) is 96.5 cm³/mol. The molecule has 0 radical (unpaired) electrons. The highest BCUT2D eigenvalue weighted by molar-refractivity contribution is 5.93. The third kappa shape index (κ3) is 3.19. The molecule has 146 valence electrons. The van der Waals surface area contributed by atoms with Crippen LogP contribution in [-0.2, 0) is 17.7 Å². The Morgan fingerprint density at radius 1 is 1.33 bits per heavy atom. The van der Waals surface area contributed by atoms with Crippen molar-refractivity contribution in [1.29, 1.82) is 0 Å². The third-order valence-corrected chi connectivity index (χ3v) is 6.17. The number of fused-ring (bicyclic) bond motifs is 1. The highest BCUT2D eigenvalue weighted by atomic mass is 16.5. The zero-order chi connectivity index (χ0) is 18.4. The van der Waals surface area contributed by atoms with E-state index in [9.17, 15) is 9.59 Å². The summed E-state index contributed by atoms with van der Waals surface area (Å²) in [5, 5.41) is 5.68. The molecule has 0 saturated carbocycles. The number of carbonyl (C=O) groups is 2. The molecule has 1 atom stereocenters. The molecule has 4 aliphatic heterocycles. The smallest absolute Gasteiger partial charge is 0.315 e. The second kappa shape index (κ2) is 6.49. The van der Waals surface area contributed by atoms with Crippen LogP contribution in [0, 0.1) is 5.92 Å². The van der Waals surface area contributed by atoms with Crippen molar-refractivity contribution in [2.45, 2.75) is 24.9 Å². The minimum atomic E-state index is -0.284. The van der Waals surface area contributed by atoms with E-state index in [2.05, 4.69) is 25.1 Å². The van der Waals surface area contributed by atoms with Crippen molar-refractivity contribution in [3.05, 3.63) is 17.7 Å². The number of ether oxygens (including phenoxy) is 1. The molecule has 9 nitrogen and oxygen atoms in total. The monoisotopic (exact) mass is 374 g/mol. The average Bonchev–Trinajstić information content (AvgIpc) is 3.33. The Labute approximate surface area is 158 Å². The SMILES string of the molecule is O=C1NCC2(CN(C(=O)c3cn4c(n3)CCN(CC3CCOC3)CC4)C2)N1. The van der Waals surface area contributed by atoms with E-state index in [1.807, 2.05) is 6.20 Å². The van der Waals surface area contributed by atoms with Crippen molar-refractivity contribution >= 4 is 11.9 Å². The molecule has 3 saturated heterocycles. The molecule has 2 N–H and O–H groups in total. The average molecular weight is 374 g/mol. The molecular weight excluding hydrogens is 348 g/mol. The predicted octanol–water partition coefficient (Wildman–Crippen LogP) is -0.715. The lowest BCUT2D eigenvalue weighted by Gasteiger charge is -2.46. The molecule has 1 spiro atoms. The van der Waals surface area contributed by atoms with Gasteiger partial charge in [-0.1, -0.05) is 0 Å². The van der Waals surface area contributed by atoms with Gasteiger partial charge >= 0.3 is 6.03 Å². The number of aromatic nitrogens is 2. The van der Waals surface area contributed by atoms with Crippen LogP contribution in [0.1, 0.15) is 22.7 Å². The highest BCUT2D eigenvalue weighted by Gasteiger charge is 2.50. The van der Waals surface area contributed by atoms with Crippen LogP contribution in [0.3, 0.4) is 0 Å². The van der Waals surface area contributed by atoms with Crippen LogP contribution in [-0.4, -0.2) is 89.3 Å². The molecule has 5 rings (SSSR count). The molecule has 5 heterocycles. The number of nitrogens with one attached hydrogen (secondary N) is 2. The summed E-state index contributed by atoms with van der Waals surface area (Å²) in [6.07, 6.45) is 3.92. The van der Waals surface area contributed by atoms with E-state index >= 15 is 0 Å². The summed E-state index contributed by atoms with van der Waals surface area (Å²) in [7, 11) is 0. The molecule has 1 aromatic heterocycles. The minimum Gasteiger partial charge on any atom is -0.381 e. The van der Waals surface area contributed by atoms with Gasteiger partial charge in [0.25, 0.3) is 5.91 Å². The van der Waals surface area contributed by atoms with Crippen LogP contribution >= 0.6 is 0 Å². The molecule has 3 amide bonds. The second-order valence-corrected chi connectivity index (χ2v) is 8.27. The molecule has 27 heavy (non-hydrogen) atoms. The van der Waals surface area contributed by atoms with Gasteiger partial charge in [-0.25, -0.2) is 9.78 Å². The fourth-order valence-electron chi connectivity index (χ4n) is 4.60. The normalized spacial score (nSPS) is 27.0. The quantitative estimate of drug-likeness (QED) is 0.729. The number of carbonyl (C=O) groups excluding carboxylic acids is 2. The van der Waals surface area contributed by atoms with Gasteiger partial charge in [0.05, 0.1) is 12.1 Å². The van der Waals surface area contributed by atoms with Crippen molar-refractivity contribution in [2.24, 2.45) is 5.92 Å². The lowest BCUT2D eigenvalue weighted by Crippen LogP contribution is -2.70. The van der Waals surface area contributed by atoms with Crippen molar-refractivity contribution in [3.8, 4) is 0 Å². The van der Waals surface area contributed by atoms with Crippen LogP contribution in [0.25, 0.3) is 0 Å². The van der Waals surface area contributed by atoms with Crippen molar-refractivity contribution < 1.29 is 14.3 Å². The van der Waals surface area contributed by atoms with E-state index in [4.69, 9.17) is 4.74 Å². The fraction of sp³-hybridized carbons (Fsp3) is 0.722. The maximum absolute atomic E-state index is 12.7. The highest BCUT2D eigenvalue weighted by Crippen LogP contribution is 2.25. The molecule has 0 bridgehead atoms. The number of hydrogen-bond acceptors (Lipinski definition) is 5. The van der Waals surface area contributed by atoms with Gasteiger partial charge in [-0.05, 0) is 12.3 Å². The Balaban J connectivity index is 1.18. The summed E-state index contributed by atoms with van der Waals surface area (Å²) in [6, 6.07) is -0.149. The van der Waals surface area contributed by atoms with E-state index in [0.717, 1.165) is 58.1 Å². The molecular formula is C18H26N6O3. The van der Waals surface area contributed by atoms with Crippen molar-refractivity contribution in [1.82, 2.24) is 30.0 Å². The zero-order valence-electron chi connectivity index (χ0n) is 15.4. The van der Waals surface area contributed by atoms with E-state index in [0.29, 0.717) is 31.2 Å². The van der Waals surface area contributed by atoms with E-state index in [-0.39, 0.29) is 17.5 Å². The molecule has 0 aromatic carbocycles. The summed E-state index contributed by atoms with van der Waals surface area (Å²) in [5.41, 5.74) is 0.239. The third-order valence-electron chi connectivity index (χ3n) is 6.17. The van der Waals surface area contributed by atoms with Crippen LogP contribution in [0.5, 0.6) is 0 Å². The van der Waals surface area contributed by atoms with Crippen molar-refractivity contribution in [2.75, 3.05) is 52.5 Å². The van der Waals surface area contributed by atoms with Gasteiger partial charge < -0.3 is 29.7 Å². The largest absolute Gasteiger partial charge is 0.381 e. The van der Waals surface area contributed by atoms with Crippen molar-refractivity contribution in [3.63, 3.8) is 0 Å². The fourth-order valence-corrected chi connectivity index (χ4v) is 4.60. The van der Waals surface area contributed by atoms with Crippen LogP contribution in [0.15, 0.2) is 6.20 Å². The second-order valence-electron chi connectivity index (χ2n) is 8.27. The van der Waals surface area contributed by atoms with Gasteiger partial charge in [0.15, 0.2) is 0 Å². The Hall–Kier alpha value is -2.13. The van der Waals surface area contributed by atoms with Gasteiger partial charge in [0.1, 0.15) is 11.5 Å². The molecule has 3 fully saturated rings. The summed E-state index contributed by atoms with van der Waals surface area (Å²) in [6.45, 7) is 7.37. The Bertz CT molecular complexity index is 725. The minimum absolute atomic E-state index is 0.0395. The van der Waals surface area contributed by atoms with Gasteiger partial charge in [-0.2, -0.15) is 0 Å². The van der Waals surface area contributed by atoms with E-state index in [1.165, 1.54) is 0 Å². The zero-order valence-corrected chi connectivity index (χ0v) is 15.4. The first-order valence-electron chi connectivity index (χ1n) is 9.82. The van der Waals surface area contributed by atoms with E-state index in [1.54, 1.807) is 4.90 Å². The number of likely N-dealkylation sites (tertiary alicyclic amines) is 1. The van der Waals surface area contributed by atoms with Gasteiger partial charge in [0, 0.05) is 65.0 Å². The molecule has 0 aliphatic carbocycles. The van der Waals surface area contributed by atoms with E-state index < -0.39 is 0 Å². The van der Waals surface area contributed by atoms with Crippen LogP contribution < -0.4 is 10.6 Å². The molecule has 9 heteroatoms. The Morgan fingerprint density at radius 3 is 2.96 bits per heavy atom. The summed E-state index contributed by atoms with van der Waals surface area (Å²) < 4.78 is 7.62. The number of urea groups is 1. The number of hydrogen-bond donors (Lipinski definition) is 2. The summed E-state index contributed by atoms with van der Waals surface area (Å²) in [5.74, 6) is 1.61. The number of nitrogens with zero attached hydrogens (tertiary/aromatic N) is 4. The molecule has 4 aliphatic rings. The Kier molecular flexibility index (Phi) is 4.08. The summed E-state index contributed by atoms with van der Waals surface area (Å²) >= 11 is 0. The number of amides is 3.